The van der Waals surface area contributed by atoms with Crippen LogP contribution in [-0.4, -0.2) is 56.4 Å². The Balaban J connectivity index is 1.85. The summed E-state index contributed by atoms with van der Waals surface area (Å²) in [7, 11) is -3.42. The highest BCUT2D eigenvalue weighted by atomic mass is 32.2. The maximum atomic E-state index is 12.5. The number of carbonyl (C=O) groups is 1. The number of carbonyl (C=O) groups excluding carboxylic acids is 1. The third-order valence-electron chi connectivity index (χ3n) is 3.89. The number of piperazine rings is 1. The Morgan fingerprint density at radius 1 is 1.22 bits per heavy atom. The molecule has 2 amide bonds. The molecule has 8 heteroatoms. The van der Waals surface area contributed by atoms with Crippen molar-refractivity contribution < 1.29 is 13.2 Å². The zero-order chi connectivity index (χ0) is 16.9. The fourth-order valence-corrected chi connectivity index (χ4v) is 5.35. The first-order valence-electron chi connectivity index (χ1n) is 8.04. The van der Waals surface area contributed by atoms with Gasteiger partial charge in [-0.15, -0.1) is 11.3 Å². The van der Waals surface area contributed by atoms with Crippen LogP contribution in [0.5, 0.6) is 0 Å². The van der Waals surface area contributed by atoms with Crippen LogP contribution in [0.1, 0.15) is 31.1 Å². The third-order valence-corrected chi connectivity index (χ3v) is 7.26. The second-order valence-corrected chi connectivity index (χ2v) is 9.15. The molecular weight excluding hydrogens is 334 g/mol. The highest BCUT2D eigenvalue weighted by Crippen LogP contribution is 2.25. The molecule has 0 saturated carbocycles. The van der Waals surface area contributed by atoms with Crippen LogP contribution in [0.4, 0.5) is 4.79 Å². The van der Waals surface area contributed by atoms with Crippen LogP contribution in [0.25, 0.3) is 0 Å². The van der Waals surface area contributed by atoms with Crippen LogP contribution in [0, 0.1) is 6.92 Å². The van der Waals surface area contributed by atoms with Crippen molar-refractivity contribution in [1.29, 1.82) is 0 Å². The van der Waals surface area contributed by atoms with Crippen molar-refractivity contribution in [2.45, 2.75) is 37.3 Å². The van der Waals surface area contributed by atoms with Gasteiger partial charge in [-0.3, -0.25) is 0 Å². The van der Waals surface area contributed by atoms with Crippen molar-refractivity contribution in [3.8, 4) is 0 Å². The van der Waals surface area contributed by atoms with E-state index in [4.69, 9.17) is 0 Å². The maximum absolute atomic E-state index is 12.5. The number of rotatable bonds is 6. The molecule has 1 aromatic heterocycles. The van der Waals surface area contributed by atoms with Crippen LogP contribution in [-0.2, 0) is 10.0 Å². The van der Waals surface area contributed by atoms with Gasteiger partial charge < -0.3 is 10.2 Å². The first kappa shape index (κ1) is 18.2. The minimum absolute atomic E-state index is 0.0925. The van der Waals surface area contributed by atoms with E-state index in [1.807, 2.05) is 13.0 Å². The number of unbranched alkanes of at least 4 members (excludes halogenated alkanes) is 2. The van der Waals surface area contributed by atoms with Gasteiger partial charge in [-0.25, -0.2) is 13.2 Å². The molecule has 1 N–H and O–H groups in total. The highest BCUT2D eigenvalue weighted by molar-refractivity contribution is 7.91. The monoisotopic (exact) mass is 359 g/mol. The van der Waals surface area contributed by atoms with E-state index >= 15 is 0 Å². The van der Waals surface area contributed by atoms with Gasteiger partial charge in [0, 0.05) is 37.6 Å². The summed E-state index contributed by atoms with van der Waals surface area (Å²) < 4.78 is 26.9. The minimum atomic E-state index is -3.42. The molecular formula is C15H25N3O3S2. The lowest BCUT2D eigenvalue weighted by Crippen LogP contribution is -2.53. The van der Waals surface area contributed by atoms with E-state index in [0.29, 0.717) is 36.9 Å². The van der Waals surface area contributed by atoms with Gasteiger partial charge in [-0.1, -0.05) is 19.8 Å². The van der Waals surface area contributed by atoms with Gasteiger partial charge in [0.25, 0.3) is 10.0 Å². The van der Waals surface area contributed by atoms with Gasteiger partial charge in [0.1, 0.15) is 4.21 Å². The Hall–Kier alpha value is -1.12. The van der Waals surface area contributed by atoms with Crippen LogP contribution in [0.3, 0.4) is 0 Å². The molecule has 1 saturated heterocycles. The Labute approximate surface area is 142 Å². The van der Waals surface area contributed by atoms with E-state index in [1.54, 1.807) is 11.0 Å². The summed E-state index contributed by atoms with van der Waals surface area (Å²) in [6.07, 6.45) is 3.20. The van der Waals surface area contributed by atoms with E-state index in [9.17, 15) is 13.2 Å². The molecule has 1 aliphatic heterocycles. The van der Waals surface area contributed by atoms with Crippen molar-refractivity contribution in [1.82, 2.24) is 14.5 Å². The molecule has 0 bridgehead atoms. The second kappa shape index (κ2) is 8.12. The SMILES string of the molecule is CCCCCNC(=O)N1CCN(S(=O)(=O)c2ccc(C)s2)CC1. The van der Waals surface area contributed by atoms with Gasteiger partial charge >= 0.3 is 6.03 Å². The summed E-state index contributed by atoms with van der Waals surface area (Å²) in [4.78, 5) is 14.7. The van der Waals surface area contributed by atoms with Crippen molar-refractivity contribution in [2.24, 2.45) is 0 Å². The lowest BCUT2D eigenvalue weighted by molar-refractivity contribution is 0.172. The van der Waals surface area contributed by atoms with E-state index in [2.05, 4.69) is 12.2 Å². The van der Waals surface area contributed by atoms with Crippen molar-refractivity contribution in [3.63, 3.8) is 0 Å². The first-order valence-corrected chi connectivity index (χ1v) is 10.3. The number of nitrogens with one attached hydrogen (secondary N) is 1. The summed E-state index contributed by atoms with van der Waals surface area (Å²) >= 11 is 1.29. The summed E-state index contributed by atoms with van der Waals surface area (Å²) in [5.74, 6) is 0. The molecule has 23 heavy (non-hydrogen) atoms. The van der Waals surface area contributed by atoms with Crippen LogP contribution >= 0.6 is 11.3 Å². The second-order valence-electron chi connectivity index (χ2n) is 5.70. The van der Waals surface area contributed by atoms with Crippen LogP contribution in [0.2, 0.25) is 0 Å². The molecule has 0 unspecified atom stereocenters. The maximum Gasteiger partial charge on any atom is 0.317 e. The Morgan fingerprint density at radius 3 is 2.48 bits per heavy atom. The van der Waals surface area contributed by atoms with Crippen LogP contribution in [0.15, 0.2) is 16.3 Å². The predicted molar refractivity (Wildman–Crippen MR) is 92.3 cm³/mol. The number of hydrogen-bond acceptors (Lipinski definition) is 4. The molecule has 0 radical (unpaired) electrons. The normalized spacial score (nSPS) is 16.5. The molecule has 6 nitrogen and oxygen atoms in total. The third kappa shape index (κ3) is 4.68. The highest BCUT2D eigenvalue weighted by Gasteiger charge is 2.30. The number of nitrogens with zero attached hydrogens (tertiary/aromatic N) is 2. The fraction of sp³-hybridized carbons (Fsp3) is 0.667. The predicted octanol–water partition coefficient (Wildman–Crippen LogP) is 2.26. The molecule has 1 aliphatic rings. The summed E-state index contributed by atoms with van der Waals surface area (Å²) in [5, 5.41) is 2.90. The lowest BCUT2D eigenvalue weighted by atomic mass is 10.2. The molecule has 0 aromatic carbocycles. The van der Waals surface area contributed by atoms with E-state index < -0.39 is 10.0 Å². The van der Waals surface area contributed by atoms with Crippen molar-refractivity contribution >= 4 is 27.4 Å². The quantitative estimate of drug-likeness (QED) is 0.792. The van der Waals surface area contributed by atoms with Crippen LogP contribution < -0.4 is 5.32 Å². The summed E-state index contributed by atoms with van der Waals surface area (Å²) in [5.41, 5.74) is 0. The molecule has 0 atom stereocenters. The fourth-order valence-electron chi connectivity index (χ4n) is 2.49. The zero-order valence-electron chi connectivity index (χ0n) is 13.7. The largest absolute Gasteiger partial charge is 0.338 e. The van der Waals surface area contributed by atoms with E-state index in [-0.39, 0.29) is 6.03 Å². The number of sulfonamides is 1. The number of urea groups is 1. The number of thiophene rings is 1. The van der Waals surface area contributed by atoms with E-state index in [0.717, 1.165) is 24.1 Å². The molecule has 1 aromatic rings. The number of amides is 2. The smallest absolute Gasteiger partial charge is 0.317 e. The molecule has 2 rings (SSSR count). The Morgan fingerprint density at radius 2 is 1.91 bits per heavy atom. The lowest BCUT2D eigenvalue weighted by Gasteiger charge is -2.33. The standard InChI is InChI=1S/C15H25N3O3S2/c1-3-4-5-8-16-15(19)17-9-11-18(12-10-17)23(20,21)14-7-6-13(2)22-14/h6-7H,3-5,8-12H2,1-2H3,(H,16,19). The summed E-state index contributed by atoms with van der Waals surface area (Å²) in [6, 6.07) is 3.38. The van der Waals surface area contributed by atoms with Crippen molar-refractivity contribution in [3.05, 3.63) is 17.0 Å². The van der Waals surface area contributed by atoms with Crippen molar-refractivity contribution in [2.75, 3.05) is 32.7 Å². The molecule has 130 valence electrons. The first-order chi connectivity index (χ1) is 10.9. The number of hydrogen-bond donors (Lipinski definition) is 1. The minimum Gasteiger partial charge on any atom is -0.338 e. The van der Waals surface area contributed by atoms with Gasteiger partial charge in [0.15, 0.2) is 0 Å². The zero-order valence-corrected chi connectivity index (χ0v) is 15.4. The molecule has 0 aliphatic carbocycles. The average Bonchev–Trinajstić information content (AvgIpc) is 2.99. The molecule has 1 fully saturated rings. The number of aryl methyl sites for hydroxylation is 1. The molecule has 2 heterocycles. The Kier molecular flexibility index (Phi) is 6.43. The van der Waals surface area contributed by atoms with Gasteiger partial charge in [0.2, 0.25) is 0 Å². The van der Waals surface area contributed by atoms with Gasteiger partial charge in [-0.2, -0.15) is 4.31 Å². The topological polar surface area (TPSA) is 69.7 Å². The Bertz CT molecular complexity index is 620. The average molecular weight is 360 g/mol. The van der Waals surface area contributed by atoms with Gasteiger partial charge in [0.05, 0.1) is 0 Å². The summed E-state index contributed by atoms with van der Waals surface area (Å²) in [6.45, 7) is 6.26. The van der Waals surface area contributed by atoms with E-state index in [1.165, 1.54) is 15.6 Å². The molecule has 0 spiro atoms. The van der Waals surface area contributed by atoms with Gasteiger partial charge in [-0.05, 0) is 25.5 Å².